The van der Waals surface area contributed by atoms with Crippen molar-refractivity contribution in [3.63, 3.8) is 0 Å². The highest BCUT2D eigenvalue weighted by Crippen LogP contribution is 2.40. The molecule has 1 fully saturated rings. The van der Waals surface area contributed by atoms with Gasteiger partial charge >= 0.3 is 0 Å². The number of nitrogens with zero attached hydrogens (tertiary/aromatic N) is 2. The molecule has 7 nitrogen and oxygen atoms in total. The van der Waals surface area contributed by atoms with Gasteiger partial charge in [0.1, 0.15) is 0 Å². The van der Waals surface area contributed by atoms with Crippen molar-refractivity contribution in [3.8, 4) is 0 Å². The van der Waals surface area contributed by atoms with Crippen LogP contribution in [0.3, 0.4) is 0 Å². The molecule has 2 rings (SSSR count). The zero-order chi connectivity index (χ0) is 18.1. The molecule has 1 aromatic carbocycles. The molecule has 0 saturated heterocycles. The predicted molar refractivity (Wildman–Crippen MR) is 98.7 cm³/mol. The third-order valence-electron chi connectivity index (χ3n) is 4.99. The van der Waals surface area contributed by atoms with E-state index in [0.717, 1.165) is 19.6 Å². The molecule has 0 heterocycles. The number of methoxy groups -OCH3 is 1. The van der Waals surface area contributed by atoms with E-state index >= 15 is 0 Å². The highest BCUT2D eigenvalue weighted by molar-refractivity contribution is 5.79. The molecular weight excluding hydrogens is 320 g/mol. The SMILES string of the molecule is CN=C(NCc1ccccc1[N+](=O)[O-])NCC1(CCOC)CCCC1. The van der Waals surface area contributed by atoms with E-state index in [1.807, 2.05) is 0 Å². The Morgan fingerprint density at radius 1 is 1.32 bits per heavy atom. The fraction of sp³-hybridized carbons (Fsp3) is 0.611. The highest BCUT2D eigenvalue weighted by atomic mass is 16.6. The molecule has 0 spiro atoms. The summed E-state index contributed by atoms with van der Waals surface area (Å²) in [6.45, 7) is 1.97. The molecule has 0 bridgehead atoms. The van der Waals surface area contributed by atoms with Crippen molar-refractivity contribution in [1.82, 2.24) is 10.6 Å². The molecule has 7 heteroatoms. The maximum atomic E-state index is 11.1. The smallest absolute Gasteiger partial charge is 0.274 e. The van der Waals surface area contributed by atoms with Crippen molar-refractivity contribution >= 4 is 11.6 Å². The van der Waals surface area contributed by atoms with Crippen molar-refractivity contribution in [1.29, 1.82) is 0 Å². The van der Waals surface area contributed by atoms with Crippen LogP contribution in [0.25, 0.3) is 0 Å². The lowest BCUT2D eigenvalue weighted by Crippen LogP contribution is -2.43. The van der Waals surface area contributed by atoms with Crippen LogP contribution in [0.4, 0.5) is 5.69 Å². The Hall–Kier alpha value is -2.15. The standard InChI is InChI=1S/C18H28N4O3/c1-19-17(20-13-15-7-3-4-8-16(15)22(23)24)21-14-18(11-12-25-2)9-5-6-10-18/h3-4,7-8H,5-6,9-14H2,1-2H3,(H2,19,20,21). The van der Waals surface area contributed by atoms with Crippen LogP contribution in [-0.4, -0.2) is 38.2 Å². The minimum absolute atomic E-state index is 0.123. The van der Waals surface area contributed by atoms with Crippen LogP contribution in [0.5, 0.6) is 0 Å². The Kier molecular flexibility index (Phi) is 7.18. The summed E-state index contributed by atoms with van der Waals surface area (Å²) in [5.41, 5.74) is 1.02. The number of hydrogen-bond acceptors (Lipinski definition) is 4. The molecule has 0 aromatic heterocycles. The summed E-state index contributed by atoms with van der Waals surface area (Å²) in [5.74, 6) is 0.668. The molecule has 0 atom stereocenters. The number of rotatable bonds is 8. The van der Waals surface area contributed by atoms with E-state index in [-0.39, 0.29) is 16.0 Å². The molecule has 1 aliphatic rings. The number of para-hydroxylation sites is 1. The molecule has 25 heavy (non-hydrogen) atoms. The summed E-state index contributed by atoms with van der Waals surface area (Å²) in [7, 11) is 3.45. The monoisotopic (exact) mass is 348 g/mol. The summed E-state index contributed by atoms with van der Waals surface area (Å²) in [5, 5.41) is 17.7. The number of guanidine groups is 1. The zero-order valence-electron chi connectivity index (χ0n) is 15.1. The van der Waals surface area contributed by atoms with Gasteiger partial charge in [-0.2, -0.15) is 0 Å². The predicted octanol–water partition coefficient (Wildman–Crippen LogP) is 2.86. The number of nitro groups is 1. The van der Waals surface area contributed by atoms with Crippen molar-refractivity contribution < 1.29 is 9.66 Å². The van der Waals surface area contributed by atoms with Crippen molar-refractivity contribution in [2.75, 3.05) is 27.3 Å². The number of ether oxygens (including phenoxy) is 1. The van der Waals surface area contributed by atoms with Gasteiger partial charge in [0.25, 0.3) is 5.69 Å². The van der Waals surface area contributed by atoms with E-state index in [4.69, 9.17) is 4.74 Å². The van der Waals surface area contributed by atoms with Gasteiger partial charge in [0, 0.05) is 45.5 Å². The van der Waals surface area contributed by atoms with Crippen molar-refractivity contribution in [2.45, 2.75) is 38.6 Å². The van der Waals surface area contributed by atoms with Crippen molar-refractivity contribution in [3.05, 3.63) is 39.9 Å². The van der Waals surface area contributed by atoms with E-state index in [1.165, 1.54) is 31.7 Å². The average molecular weight is 348 g/mol. The average Bonchev–Trinajstić information content (AvgIpc) is 3.09. The summed E-state index contributed by atoms with van der Waals surface area (Å²) < 4.78 is 5.27. The van der Waals surface area contributed by atoms with Gasteiger partial charge < -0.3 is 15.4 Å². The Labute approximate surface area is 149 Å². The molecule has 0 unspecified atom stereocenters. The lowest BCUT2D eigenvalue weighted by Gasteiger charge is -2.29. The van der Waals surface area contributed by atoms with Crippen LogP contribution in [0.2, 0.25) is 0 Å². The van der Waals surface area contributed by atoms with Gasteiger partial charge in [-0.05, 0) is 24.7 Å². The Morgan fingerprint density at radius 3 is 2.68 bits per heavy atom. The lowest BCUT2D eigenvalue weighted by atomic mass is 9.83. The molecule has 1 aliphatic carbocycles. The number of aliphatic imine (C=N–C) groups is 1. The zero-order valence-corrected chi connectivity index (χ0v) is 15.1. The normalized spacial score (nSPS) is 16.6. The third kappa shape index (κ3) is 5.42. The topological polar surface area (TPSA) is 88.8 Å². The van der Waals surface area contributed by atoms with Gasteiger partial charge in [0.2, 0.25) is 0 Å². The van der Waals surface area contributed by atoms with Crippen LogP contribution in [0.15, 0.2) is 29.3 Å². The lowest BCUT2D eigenvalue weighted by molar-refractivity contribution is -0.385. The summed E-state index contributed by atoms with van der Waals surface area (Å²) in [4.78, 5) is 15.0. The Bertz CT molecular complexity index is 598. The first-order valence-corrected chi connectivity index (χ1v) is 8.76. The van der Waals surface area contributed by atoms with E-state index < -0.39 is 0 Å². The van der Waals surface area contributed by atoms with Crippen LogP contribution < -0.4 is 10.6 Å². The maximum Gasteiger partial charge on any atom is 0.274 e. The molecule has 138 valence electrons. The molecule has 1 aromatic rings. The molecule has 0 amide bonds. The summed E-state index contributed by atoms with van der Waals surface area (Å²) >= 11 is 0. The number of nitro benzene ring substituents is 1. The third-order valence-corrected chi connectivity index (χ3v) is 4.99. The first kappa shape index (κ1) is 19.2. The van der Waals surface area contributed by atoms with Gasteiger partial charge in [-0.15, -0.1) is 0 Å². The van der Waals surface area contributed by atoms with E-state index in [9.17, 15) is 10.1 Å². The fourth-order valence-electron chi connectivity index (χ4n) is 3.47. The van der Waals surface area contributed by atoms with Gasteiger partial charge in [-0.3, -0.25) is 15.1 Å². The molecular formula is C18H28N4O3. The van der Waals surface area contributed by atoms with E-state index in [0.29, 0.717) is 18.1 Å². The minimum Gasteiger partial charge on any atom is -0.385 e. The second-order valence-corrected chi connectivity index (χ2v) is 6.62. The molecule has 1 saturated carbocycles. The van der Waals surface area contributed by atoms with Crippen LogP contribution in [0, 0.1) is 15.5 Å². The van der Waals surface area contributed by atoms with Crippen molar-refractivity contribution in [2.24, 2.45) is 10.4 Å². The second-order valence-electron chi connectivity index (χ2n) is 6.62. The molecule has 2 N–H and O–H groups in total. The number of nitrogens with one attached hydrogen (secondary N) is 2. The number of benzene rings is 1. The van der Waals surface area contributed by atoms with Crippen LogP contribution in [-0.2, 0) is 11.3 Å². The summed E-state index contributed by atoms with van der Waals surface area (Å²) in [6.07, 6.45) is 5.95. The maximum absolute atomic E-state index is 11.1. The van der Waals surface area contributed by atoms with E-state index in [1.54, 1.807) is 32.4 Å². The van der Waals surface area contributed by atoms with Crippen LogP contribution >= 0.6 is 0 Å². The van der Waals surface area contributed by atoms with Crippen LogP contribution in [0.1, 0.15) is 37.7 Å². The second kappa shape index (κ2) is 9.36. The molecule has 0 aliphatic heterocycles. The Morgan fingerprint density at radius 2 is 2.04 bits per heavy atom. The van der Waals surface area contributed by atoms with Gasteiger partial charge in [-0.25, -0.2) is 0 Å². The van der Waals surface area contributed by atoms with Gasteiger partial charge in [-0.1, -0.05) is 31.0 Å². The Balaban J connectivity index is 1.92. The molecule has 0 radical (unpaired) electrons. The first-order valence-electron chi connectivity index (χ1n) is 8.76. The number of hydrogen-bond donors (Lipinski definition) is 2. The first-order chi connectivity index (χ1) is 12.1. The largest absolute Gasteiger partial charge is 0.385 e. The van der Waals surface area contributed by atoms with Gasteiger partial charge in [0.15, 0.2) is 5.96 Å². The minimum atomic E-state index is -0.356. The van der Waals surface area contributed by atoms with E-state index in [2.05, 4.69) is 15.6 Å². The quantitative estimate of drug-likeness (QED) is 0.326. The highest BCUT2D eigenvalue weighted by Gasteiger charge is 2.33. The fourth-order valence-corrected chi connectivity index (χ4v) is 3.47. The van der Waals surface area contributed by atoms with Gasteiger partial charge in [0.05, 0.1) is 4.92 Å². The summed E-state index contributed by atoms with van der Waals surface area (Å²) in [6, 6.07) is 6.76.